The lowest BCUT2D eigenvalue weighted by molar-refractivity contribution is -0.119. The van der Waals surface area contributed by atoms with E-state index in [0.29, 0.717) is 0 Å². The van der Waals surface area contributed by atoms with Crippen molar-refractivity contribution < 1.29 is 4.79 Å². The lowest BCUT2D eigenvalue weighted by Crippen LogP contribution is -2.26. The summed E-state index contributed by atoms with van der Waals surface area (Å²) in [5, 5.41) is 7.10. The fourth-order valence-corrected chi connectivity index (χ4v) is 2.72. The Bertz CT molecular complexity index is 726. The fraction of sp³-hybridized carbons (Fsp3) is 0.222. The number of rotatable bonds is 6. The molecule has 0 aromatic heterocycles. The number of hydrogen-bond acceptors (Lipinski definition) is 4. The monoisotopic (exact) mass is 436 g/mol. The SMILES string of the molecule is Cc1cc(I)ccc1NCC(=O)NN=Cc1ccc(N(C)C)cc1. The van der Waals surface area contributed by atoms with E-state index in [0.717, 1.165) is 22.5 Å². The van der Waals surface area contributed by atoms with Crippen LogP contribution in [0, 0.1) is 10.5 Å². The first-order valence-corrected chi connectivity index (χ1v) is 8.63. The molecule has 1 amide bonds. The molecule has 0 fully saturated rings. The van der Waals surface area contributed by atoms with Crippen LogP contribution < -0.4 is 15.6 Å². The number of hydrogen-bond donors (Lipinski definition) is 2. The largest absolute Gasteiger partial charge is 0.378 e. The third-order valence-electron chi connectivity index (χ3n) is 3.44. The number of nitrogens with one attached hydrogen (secondary N) is 2. The number of carbonyl (C=O) groups excluding carboxylic acids is 1. The van der Waals surface area contributed by atoms with E-state index < -0.39 is 0 Å². The Morgan fingerprint density at radius 2 is 1.92 bits per heavy atom. The second kappa shape index (κ2) is 8.68. The van der Waals surface area contributed by atoms with Crippen molar-refractivity contribution in [3.8, 4) is 0 Å². The second-order valence-electron chi connectivity index (χ2n) is 5.59. The van der Waals surface area contributed by atoms with Crippen LogP contribution in [0.4, 0.5) is 11.4 Å². The first kappa shape index (κ1) is 18.3. The molecule has 0 radical (unpaired) electrons. The second-order valence-corrected chi connectivity index (χ2v) is 6.84. The van der Waals surface area contributed by atoms with Gasteiger partial charge in [-0.05, 0) is 71.0 Å². The molecule has 2 N–H and O–H groups in total. The maximum Gasteiger partial charge on any atom is 0.259 e. The Labute approximate surface area is 156 Å². The van der Waals surface area contributed by atoms with E-state index in [-0.39, 0.29) is 12.5 Å². The van der Waals surface area contributed by atoms with E-state index >= 15 is 0 Å². The summed E-state index contributed by atoms with van der Waals surface area (Å²) in [4.78, 5) is 13.9. The van der Waals surface area contributed by atoms with Crippen molar-refractivity contribution in [2.24, 2.45) is 5.10 Å². The van der Waals surface area contributed by atoms with Crippen LogP contribution in [0.5, 0.6) is 0 Å². The van der Waals surface area contributed by atoms with E-state index in [1.165, 1.54) is 3.57 Å². The molecule has 0 atom stereocenters. The van der Waals surface area contributed by atoms with Crippen LogP contribution in [0.25, 0.3) is 0 Å². The molecule has 0 aliphatic rings. The minimum absolute atomic E-state index is 0.179. The molecule has 0 unspecified atom stereocenters. The average molecular weight is 436 g/mol. The van der Waals surface area contributed by atoms with Gasteiger partial charge in [-0.1, -0.05) is 12.1 Å². The number of hydrazone groups is 1. The summed E-state index contributed by atoms with van der Waals surface area (Å²) in [6, 6.07) is 14.0. The molecule has 0 aliphatic carbocycles. The number of anilines is 2. The van der Waals surface area contributed by atoms with Gasteiger partial charge in [0.05, 0.1) is 12.8 Å². The van der Waals surface area contributed by atoms with Crippen LogP contribution in [0.2, 0.25) is 0 Å². The van der Waals surface area contributed by atoms with Gasteiger partial charge in [0.25, 0.3) is 5.91 Å². The predicted octanol–water partition coefficient (Wildman–Crippen LogP) is 3.23. The number of carbonyl (C=O) groups is 1. The summed E-state index contributed by atoms with van der Waals surface area (Å²) >= 11 is 2.26. The van der Waals surface area contributed by atoms with Gasteiger partial charge in [-0.25, -0.2) is 5.43 Å². The standard InChI is InChI=1S/C18H21IN4O/c1-13-10-15(19)6-9-17(13)20-12-18(24)22-21-11-14-4-7-16(8-5-14)23(2)3/h4-11,20H,12H2,1-3H3,(H,22,24). The van der Waals surface area contributed by atoms with E-state index in [9.17, 15) is 4.79 Å². The molecular weight excluding hydrogens is 415 g/mol. The molecule has 2 aromatic carbocycles. The van der Waals surface area contributed by atoms with Crippen molar-refractivity contribution in [3.63, 3.8) is 0 Å². The molecule has 6 heteroatoms. The molecule has 24 heavy (non-hydrogen) atoms. The number of amides is 1. The summed E-state index contributed by atoms with van der Waals surface area (Å²) in [6.07, 6.45) is 1.63. The van der Waals surface area contributed by atoms with Gasteiger partial charge in [-0.3, -0.25) is 4.79 Å². The highest BCUT2D eigenvalue weighted by atomic mass is 127. The van der Waals surface area contributed by atoms with Gasteiger partial charge in [0.2, 0.25) is 0 Å². The third-order valence-corrected chi connectivity index (χ3v) is 4.11. The lowest BCUT2D eigenvalue weighted by Gasteiger charge is -2.11. The molecule has 0 saturated heterocycles. The number of halogens is 1. The number of nitrogens with zero attached hydrogens (tertiary/aromatic N) is 2. The molecule has 5 nitrogen and oxygen atoms in total. The van der Waals surface area contributed by atoms with E-state index in [2.05, 4.69) is 44.5 Å². The van der Waals surface area contributed by atoms with Gasteiger partial charge >= 0.3 is 0 Å². The Kier molecular flexibility index (Phi) is 6.60. The molecule has 2 rings (SSSR count). The van der Waals surface area contributed by atoms with Crippen molar-refractivity contribution in [1.82, 2.24) is 5.43 Å². The minimum Gasteiger partial charge on any atom is -0.378 e. The summed E-state index contributed by atoms with van der Waals surface area (Å²) in [5.41, 5.74) is 6.64. The number of benzene rings is 2. The maximum absolute atomic E-state index is 11.8. The Balaban J connectivity index is 1.82. The highest BCUT2D eigenvalue weighted by molar-refractivity contribution is 14.1. The van der Waals surface area contributed by atoms with Gasteiger partial charge < -0.3 is 10.2 Å². The van der Waals surface area contributed by atoms with Gasteiger partial charge in [0.1, 0.15) is 0 Å². The van der Waals surface area contributed by atoms with Gasteiger partial charge in [0, 0.05) is 29.0 Å². The van der Waals surface area contributed by atoms with E-state index in [1.54, 1.807) is 6.21 Å². The lowest BCUT2D eigenvalue weighted by atomic mass is 10.2. The molecular formula is C18H21IN4O. The highest BCUT2D eigenvalue weighted by Gasteiger charge is 2.02. The van der Waals surface area contributed by atoms with Gasteiger partial charge in [0.15, 0.2) is 0 Å². The van der Waals surface area contributed by atoms with Gasteiger partial charge in [-0.15, -0.1) is 0 Å². The summed E-state index contributed by atoms with van der Waals surface area (Å²) in [5.74, 6) is -0.186. The zero-order valence-electron chi connectivity index (χ0n) is 14.0. The molecule has 0 spiro atoms. The van der Waals surface area contributed by atoms with Crippen LogP contribution in [0.1, 0.15) is 11.1 Å². The topological polar surface area (TPSA) is 56.7 Å². The summed E-state index contributed by atoms with van der Waals surface area (Å²) in [6.45, 7) is 2.19. The van der Waals surface area contributed by atoms with Gasteiger partial charge in [-0.2, -0.15) is 5.10 Å². The molecule has 0 bridgehead atoms. The maximum atomic E-state index is 11.8. The van der Waals surface area contributed by atoms with E-state index in [1.807, 2.05) is 62.3 Å². The molecule has 0 aliphatic heterocycles. The fourth-order valence-electron chi connectivity index (χ4n) is 2.08. The number of aryl methyl sites for hydroxylation is 1. The zero-order valence-corrected chi connectivity index (χ0v) is 16.2. The molecule has 0 heterocycles. The first-order valence-electron chi connectivity index (χ1n) is 7.55. The highest BCUT2D eigenvalue weighted by Crippen LogP contribution is 2.17. The summed E-state index contributed by atoms with van der Waals surface area (Å²) < 4.78 is 1.17. The average Bonchev–Trinajstić information content (AvgIpc) is 2.54. The quantitative estimate of drug-likeness (QED) is 0.416. The van der Waals surface area contributed by atoms with Crippen LogP contribution >= 0.6 is 22.6 Å². The molecule has 126 valence electrons. The van der Waals surface area contributed by atoms with Crippen molar-refractivity contribution in [3.05, 3.63) is 57.2 Å². The normalized spacial score (nSPS) is 10.7. The van der Waals surface area contributed by atoms with Crippen molar-refractivity contribution in [2.45, 2.75) is 6.92 Å². The van der Waals surface area contributed by atoms with Crippen molar-refractivity contribution in [1.29, 1.82) is 0 Å². The molecule has 0 saturated carbocycles. The van der Waals surface area contributed by atoms with E-state index in [4.69, 9.17) is 0 Å². The van der Waals surface area contributed by atoms with Crippen molar-refractivity contribution in [2.75, 3.05) is 30.9 Å². The third kappa shape index (κ3) is 5.52. The minimum atomic E-state index is -0.186. The van der Waals surface area contributed by atoms with Crippen LogP contribution in [0.15, 0.2) is 47.6 Å². The first-order chi connectivity index (χ1) is 11.5. The Hall–Kier alpha value is -2.09. The van der Waals surface area contributed by atoms with Crippen LogP contribution in [-0.4, -0.2) is 32.8 Å². The zero-order chi connectivity index (χ0) is 17.5. The Morgan fingerprint density at radius 3 is 2.54 bits per heavy atom. The molecule has 2 aromatic rings. The van der Waals surface area contributed by atoms with Crippen LogP contribution in [-0.2, 0) is 4.79 Å². The Morgan fingerprint density at radius 1 is 1.21 bits per heavy atom. The van der Waals surface area contributed by atoms with Crippen LogP contribution in [0.3, 0.4) is 0 Å². The predicted molar refractivity (Wildman–Crippen MR) is 109 cm³/mol. The smallest absolute Gasteiger partial charge is 0.259 e. The summed E-state index contributed by atoms with van der Waals surface area (Å²) in [7, 11) is 3.98. The van der Waals surface area contributed by atoms with Crippen molar-refractivity contribution >= 4 is 46.1 Å².